The molecule has 1 saturated carbocycles. The number of unbranched alkanes of at least 4 members (excludes halogenated alkanes) is 7. The molecule has 1 aliphatic carbocycles. The summed E-state index contributed by atoms with van der Waals surface area (Å²) >= 11 is 0. The van der Waals surface area contributed by atoms with Crippen molar-refractivity contribution >= 4 is 0 Å². The highest BCUT2D eigenvalue weighted by Gasteiger charge is 2.32. The molecule has 1 rings (SSSR count). The third kappa shape index (κ3) is 9.03. The van der Waals surface area contributed by atoms with Gasteiger partial charge in [0.05, 0.1) is 0 Å². The van der Waals surface area contributed by atoms with Crippen LogP contribution in [0.5, 0.6) is 0 Å². The van der Waals surface area contributed by atoms with Crippen LogP contribution in [0.2, 0.25) is 0 Å². The van der Waals surface area contributed by atoms with E-state index in [-0.39, 0.29) is 0 Å². The van der Waals surface area contributed by atoms with Crippen molar-refractivity contribution in [2.24, 2.45) is 17.8 Å². The number of hydrogen-bond donors (Lipinski definition) is 0. The largest absolute Gasteiger partial charge is 0.0654 e. The van der Waals surface area contributed by atoms with E-state index in [0.29, 0.717) is 0 Å². The van der Waals surface area contributed by atoms with Gasteiger partial charge in [0.15, 0.2) is 0 Å². The van der Waals surface area contributed by atoms with Crippen LogP contribution in [0.4, 0.5) is 0 Å². The molecule has 0 heterocycles. The molecule has 1 fully saturated rings. The summed E-state index contributed by atoms with van der Waals surface area (Å²) in [7, 11) is 0. The molecule has 0 radical (unpaired) electrons. The molecule has 0 heteroatoms. The molecule has 0 aromatic heterocycles. The highest BCUT2D eigenvalue weighted by Crippen LogP contribution is 2.42. The van der Waals surface area contributed by atoms with E-state index in [4.69, 9.17) is 0 Å². The van der Waals surface area contributed by atoms with E-state index in [1.807, 2.05) is 0 Å². The summed E-state index contributed by atoms with van der Waals surface area (Å²) in [4.78, 5) is 0. The van der Waals surface area contributed by atoms with Gasteiger partial charge in [-0.1, -0.05) is 97.8 Å². The first-order valence-corrected chi connectivity index (χ1v) is 9.77. The van der Waals surface area contributed by atoms with Crippen LogP contribution >= 0.6 is 0 Å². The van der Waals surface area contributed by atoms with Crippen LogP contribution in [-0.4, -0.2) is 0 Å². The van der Waals surface area contributed by atoms with Gasteiger partial charge < -0.3 is 0 Å². The predicted octanol–water partition coefficient (Wildman–Crippen LogP) is 7.37. The van der Waals surface area contributed by atoms with Gasteiger partial charge in [-0.25, -0.2) is 0 Å². The summed E-state index contributed by atoms with van der Waals surface area (Å²) in [5.74, 6) is 3.22. The second kappa shape index (κ2) is 11.6. The molecule has 3 unspecified atom stereocenters. The van der Waals surface area contributed by atoms with Gasteiger partial charge in [-0.05, 0) is 30.6 Å². The lowest BCUT2D eigenvalue weighted by Gasteiger charge is -2.17. The van der Waals surface area contributed by atoms with Crippen molar-refractivity contribution in [2.45, 2.75) is 111 Å². The van der Waals surface area contributed by atoms with Crippen molar-refractivity contribution in [3.05, 3.63) is 0 Å². The Hall–Kier alpha value is 0. The zero-order chi connectivity index (χ0) is 14.6. The third-order valence-electron chi connectivity index (χ3n) is 5.40. The van der Waals surface area contributed by atoms with Crippen molar-refractivity contribution in [3.63, 3.8) is 0 Å². The Balaban J connectivity index is 2.05. The molecule has 0 amide bonds. The topological polar surface area (TPSA) is 0 Å². The maximum absolute atomic E-state index is 2.44. The first-order valence-electron chi connectivity index (χ1n) is 9.77. The van der Waals surface area contributed by atoms with E-state index in [0.717, 1.165) is 17.8 Å². The lowest BCUT2D eigenvalue weighted by Crippen LogP contribution is -2.02. The molecule has 120 valence electrons. The molecule has 0 aromatic rings. The second-order valence-electron chi connectivity index (χ2n) is 7.47. The van der Waals surface area contributed by atoms with Crippen molar-refractivity contribution in [1.29, 1.82) is 0 Å². The maximum atomic E-state index is 2.44. The minimum atomic E-state index is 1.06. The van der Waals surface area contributed by atoms with Gasteiger partial charge in [0.25, 0.3) is 0 Å². The van der Waals surface area contributed by atoms with E-state index < -0.39 is 0 Å². The molecule has 0 nitrogen and oxygen atoms in total. The average Bonchev–Trinajstić information content (AvgIpc) is 3.15. The smallest absolute Gasteiger partial charge is 0.0386 e. The SMILES string of the molecule is CCCCCCCCC(CCCCC)CCC1CC1C. The molecule has 0 bridgehead atoms. The number of rotatable bonds is 14. The highest BCUT2D eigenvalue weighted by molar-refractivity contribution is 4.82. The van der Waals surface area contributed by atoms with E-state index in [1.165, 1.54) is 89.9 Å². The fourth-order valence-electron chi connectivity index (χ4n) is 3.58. The summed E-state index contributed by atoms with van der Waals surface area (Å²) < 4.78 is 0. The Kier molecular flexibility index (Phi) is 10.5. The van der Waals surface area contributed by atoms with Gasteiger partial charge in [0.1, 0.15) is 0 Å². The lowest BCUT2D eigenvalue weighted by molar-refractivity contribution is 0.364. The summed E-state index contributed by atoms with van der Waals surface area (Å²) in [5.41, 5.74) is 0. The van der Waals surface area contributed by atoms with Crippen LogP contribution in [0.15, 0.2) is 0 Å². The highest BCUT2D eigenvalue weighted by atomic mass is 14.4. The molecular formula is C20H40. The predicted molar refractivity (Wildman–Crippen MR) is 92.1 cm³/mol. The molecule has 20 heavy (non-hydrogen) atoms. The zero-order valence-corrected chi connectivity index (χ0v) is 14.6. The van der Waals surface area contributed by atoms with Crippen LogP contribution in [0.1, 0.15) is 111 Å². The third-order valence-corrected chi connectivity index (χ3v) is 5.40. The fraction of sp³-hybridized carbons (Fsp3) is 1.00. The summed E-state index contributed by atoms with van der Waals surface area (Å²) in [6.07, 6.45) is 20.7. The van der Waals surface area contributed by atoms with E-state index in [1.54, 1.807) is 0 Å². The Morgan fingerprint density at radius 2 is 1.25 bits per heavy atom. The van der Waals surface area contributed by atoms with Crippen molar-refractivity contribution < 1.29 is 0 Å². The molecule has 0 N–H and O–H groups in total. The quantitative estimate of drug-likeness (QED) is 0.291. The Bertz CT molecular complexity index is 208. The van der Waals surface area contributed by atoms with Gasteiger partial charge in [0.2, 0.25) is 0 Å². The second-order valence-corrected chi connectivity index (χ2v) is 7.47. The van der Waals surface area contributed by atoms with E-state index in [2.05, 4.69) is 20.8 Å². The van der Waals surface area contributed by atoms with Crippen LogP contribution in [-0.2, 0) is 0 Å². The molecule has 1 aliphatic rings. The minimum Gasteiger partial charge on any atom is -0.0654 e. The average molecular weight is 281 g/mol. The molecule has 0 saturated heterocycles. The van der Waals surface area contributed by atoms with Crippen molar-refractivity contribution in [2.75, 3.05) is 0 Å². The van der Waals surface area contributed by atoms with Crippen LogP contribution < -0.4 is 0 Å². The monoisotopic (exact) mass is 280 g/mol. The Labute approximate surface area is 129 Å². The van der Waals surface area contributed by atoms with Gasteiger partial charge >= 0.3 is 0 Å². The lowest BCUT2D eigenvalue weighted by atomic mass is 9.89. The fourth-order valence-corrected chi connectivity index (χ4v) is 3.58. The van der Waals surface area contributed by atoms with E-state index in [9.17, 15) is 0 Å². The molecule has 0 spiro atoms. The van der Waals surface area contributed by atoms with Crippen LogP contribution in [0.3, 0.4) is 0 Å². The minimum absolute atomic E-state index is 1.06. The summed E-state index contributed by atoms with van der Waals surface area (Å²) in [5, 5.41) is 0. The normalized spacial score (nSPS) is 22.9. The van der Waals surface area contributed by atoms with Gasteiger partial charge in [-0.2, -0.15) is 0 Å². The summed E-state index contributed by atoms with van der Waals surface area (Å²) in [6, 6.07) is 0. The molecule has 0 aromatic carbocycles. The van der Waals surface area contributed by atoms with Gasteiger partial charge in [-0.15, -0.1) is 0 Å². The van der Waals surface area contributed by atoms with E-state index >= 15 is 0 Å². The van der Waals surface area contributed by atoms with Crippen LogP contribution in [0, 0.1) is 17.8 Å². The molecular weight excluding hydrogens is 240 g/mol. The zero-order valence-electron chi connectivity index (χ0n) is 14.6. The summed E-state index contributed by atoms with van der Waals surface area (Å²) in [6.45, 7) is 7.07. The van der Waals surface area contributed by atoms with Gasteiger partial charge in [0, 0.05) is 0 Å². The Morgan fingerprint density at radius 3 is 1.85 bits per heavy atom. The maximum Gasteiger partial charge on any atom is -0.0386 e. The first-order chi connectivity index (χ1) is 9.77. The first kappa shape index (κ1) is 18.1. The standard InChI is InChI=1S/C20H40/c1-4-6-8-9-10-12-14-19(13-11-7-5-2)15-16-20-17-18(20)3/h18-20H,4-17H2,1-3H3. The molecule has 0 aliphatic heterocycles. The van der Waals surface area contributed by atoms with Crippen molar-refractivity contribution in [3.8, 4) is 0 Å². The van der Waals surface area contributed by atoms with Crippen LogP contribution in [0.25, 0.3) is 0 Å². The number of hydrogen-bond acceptors (Lipinski definition) is 0. The Morgan fingerprint density at radius 1 is 0.750 bits per heavy atom. The van der Waals surface area contributed by atoms with Gasteiger partial charge in [-0.3, -0.25) is 0 Å². The molecule has 3 atom stereocenters. The van der Waals surface area contributed by atoms with Crippen molar-refractivity contribution in [1.82, 2.24) is 0 Å².